The van der Waals surface area contributed by atoms with Crippen LogP contribution >= 0.6 is 88.6 Å². The third kappa shape index (κ3) is 23.1. The van der Waals surface area contributed by atoms with Crippen molar-refractivity contribution in [3.8, 4) is 0 Å². The fourth-order valence-corrected chi connectivity index (χ4v) is 87.5. The van der Waals surface area contributed by atoms with Crippen LogP contribution in [0.25, 0.3) is 0 Å². The second kappa shape index (κ2) is 24.2. The van der Waals surface area contributed by atoms with Crippen LogP contribution in [0.1, 0.15) is 0 Å². The molecule has 0 spiro atoms. The Labute approximate surface area is 474 Å². The van der Waals surface area contributed by atoms with Crippen LogP contribution in [0.2, 0.25) is 201 Å². The van der Waals surface area contributed by atoms with Crippen molar-refractivity contribution in [2.45, 2.75) is 201 Å². The lowest BCUT2D eigenvalue weighted by Crippen LogP contribution is -2.84. The average Bonchev–Trinajstić information content (AvgIpc) is 3.10. The maximum Gasteiger partial charge on any atom is 0.478 e. The monoisotopic (exact) mass is 1420 g/mol. The van der Waals surface area contributed by atoms with E-state index in [1.807, 2.05) is 0 Å². The molecule has 0 aromatic carbocycles. The third-order valence-corrected chi connectivity index (χ3v) is 68.7. The van der Waals surface area contributed by atoms with Crippen molar-refractivity contribution in [3.05, 3.63) is 0 Å². The van der Waals surface area contributed by atoms with E-state index >= 15 is 0 Å². The van der Waals surface area contributed by atoms with E-state index < -0.39 is 130 Å². The van der Waals surface area contributed by atoms with Gasteiger partial charge in [-0.2, -0.15) is 88.6 Å². The predicted octanol–water partition coefficient (Wildman–Crippen LogP) is 13.9. The summed E-state index contributed by atoms with van der Waals surface area (Å²) < 4.78 is 94.6. The smallest absolute Gasteiger partial charge is 0.425 e. The molecule has 4 aliphatic rings. The molecule has 4 saturated heterocycles. The fourth-order valence-electron chi connectivity index (χ4n) is 7.92. The first kappa shape index (κ1) is 67.0. The summed E-state index contributed by atoms with van der Waals surface area (Å²) in [5, 5.41) is 0. The SMILES string of the molecule is C[Si](C)(Cl)CC[SiH]1O[Si]2(CC[Si](C)(C)Cl)O[Si]3(CC[Si](C)(C)Cl)O[Si](CC[Si](C)(C)Cl)(O[SiH3])O[Si]4(CC[Si](C)(C)Cl)O[Si](CC[Si](C)(C)Cl)(O1)O[Si](CC[Si](C)(C)Cl)(O2)O[Si](CC[Si](C)(C)Cl)(O3)O4. The maximum atomic E-state index is 8.05. The van der Waals surface area contributed by atoms with Crippen molar-refractivity contribution in [2.24, 2.45) is 0 Å². The number of halogens is 8. The summed E-state index contributed by atoms with van der Waals surface area (Å²) in [4.78, 5) is 0. The van der Waals surface area contributed by atoms with Crippen LogP contribution in [0.15, 0.2) is 0 Å². The Balaban J connectivity index is 2.33. The highest BCUT2D eigenvalue weighted by Gasteiger charge is 2.79. The van der Waals surface area contributed by atoms with Gasteiger partial charge in [0.05, 0.1) is 0 Å². The summed E-state index contributed by atoms with van der Waals surface area (Å²) in [6, 6.07) is 7.63. The van der Waals surface area contributed by atoms with E-state index in [9.17, 15) is 0 Å². The molecule has 4 heterocycles. The van der Waals surface area contributed by atoms with Crippen molar-refractivity contribution >= 4 is 229 Å². The molecule has 37 heteroatoms. The second-order valence-electron chi connectivity index (χ2n) is 24.4. The van der Waals surface area contributed by atoms with Gasteiger partial charge in [0.25, 0.3) is 0 Å². The van der Waals surface area contributed by atoms with E-state index in [2.05, 4.69) is 105 Å². The van der Waals surface area contributed by atoms with Gasteiger partial charge in [-0.15, -0.1) is 0 Å². The van der Waals surface area contributed by atoms with Gasteiger partial charge >= 0.3 is 70.9 Å². The van der Waals surface area contributed by atoms with E-state index in [4.69, 9.17) is 138 Å². The zero-order chi connectivity index (χ0) is 52.9. The maximum absolute atomic E-state index is 8.05. The molecule has 12 nitrogen and oxygen atoms in total. The van der Waals surface area contributed by atoms with Crippen molar-refractivity contribution in [1.29, 1.82) is 0 Å². The lowest BCUT2D eigenvalue weighted by atomic mass is 10.9. The van der Waals surface area contributed by atoms with Crippen LogP contribution < -0.4 is 0 Å². The van der Waals surface area contributed by atoms with E-state index in [0.717, 1.165) is 0 Å². The van der Waals surface area contributed by atoms with Gasteiger partial charge < -0.3 is 49.4 Å². The molecule has 4 aliphatic heterocycles. The molecule has 0 N–H and O–H groups in total. The molecule has 0 aromatic heterocycles. The first-order valence-electron chi connectivity index (χ1n) is 24.4. The molecular formula is C32H84Cl8O12Si17. The van der Waals surface area contributed by atoms with Gasteiger partial charge in [0, 0.05) is 42.3 Å². The molecule has 0 aromatic rings. The topological polar surface area (TPSA) is 111 Å². The molecule has 0 radical (unpaired) electrons. The highest BCUT2D eigenvalue weighted by atomic mass is 35.6. The number of rotatable bonds is 25. The Hall–Kier alpha value is 5.53. The molecule has 4 atom stereocenters. The van der Waals surface area contributed by atoms with Crippen LogP contribution in [0, 0.1) is 0 Å². The molecule has 4 fully saturated rings. The Morgan fingerprint density at radius 2 is 0.522 bits per heavy atom. The van der Waals surface area contributed by atoms with E-state index in [0.29, 0.717) is 96.7 Å². The normalized spacial score (nSPS) is 34.5. The third-order valence-electron chi connectivity index (χ3n) is 11.9. The summed E-state index contributed by atoms with van der Waals surface area (Å²) in [6.07, 6.45) is 0. The van der Waals surface area contributed by atoms with Crippen LogP contribution in [0.4, 0.5) is 0 Å². The molecule has 0 amide bonds. The fraction of sp³-hybridized carbons (Fsp3) is 1.00. The minimum absolute atomic E-state index is 0.242. The van der Waals surface area contributed by atoms with E-state index in [1.54, 1.807) is 0 Å². The summed E-state index contributed by atoms with van der Waals surface area (Å²) >= 11 is 58.3. The number of fused-ring (bicyclic) bond motifs is 4. The molecule has 69 heavy (non-hydrogen) atoms. The van der Waals surface area contributed by atoms with Gasteiger partial charge in [-0.1, -0.05) is 105 Å². The van der Waals surface area contributed by atoms with Crippen LogP contribution in [-0.2, 0) is 49.4 Å². The minimum Gasteiger partial charge on any atom is -0.425 e. The van der Waals surface area contributed by atoms with Gasteiger partial charge in [-0.25, -0.2) is 0 Å². The Morgan fingerprint density at radius 1 is 0.319 bits per heavy atom. The summed E-state index contributed by atoms with van der Waals surface area (Å²) in [5.41, 5.74) is 0. The zero-order valence-electron chi connectivity index (χ0n) is 44.3. The Morgan fingerprint density at radius 3 is 0.754 bits per heavy atom. The molecule has 4 unspecified atom stereocenters. The first-order valence-corrected chi connectivity index (χ1v) is 74.2. The van der Waals surface area contributed by atoms with E-state index in [-0.39, 0.29) is 10.5 Å². The summed E-state index contributed by atoms with van der Waals surface area (Å²) in [7, 11) is -51.0. The highest BCUT2D eigenvalue weighted by molar-refractivity contribution is 7.23. The van der Waals surface area contributed by atoms with E-state index in [1.165, 1.54) is 0 Å². The van der Waals surface area contributed by atoms with Crippen molar-refractivity contribution < 1.29 is 49.4 Å². The predicted molar refractivity (Wildman–Crippen MR) is 334 cm³/mol. The number of hydrogen-bond acceptors (Lipinski definition) is 12. The molecule has 6 bridgehead atoms. The van der Waals surface area contributed by atoms with Gasteiger partial charge in [-0.05, 0) is 54.4 Å². The molecule has 4 rings (SSSR count). The molecule has 0 saturated carbocycles. The minimum atomic E-state index is -4.29. The average molecular weight is 1420 g/mol. The standard InChI is InChI=1S/C32H84Cl8O12Si17/c1-55(2,33)18-17-54-42-64(27-20-57(5,6)35)46-66(29-22-59(9,10)37)44-63(41-53,26-19-56(3,4)34)45-67(30-23-60(11,12)38)47-65(43-54,28-21-58(7,8)36)49-68(48-64,31-24-61(13,14)39)52-69(50-66,51-67)32-25-62(15,16)40/h54H,17-32H2,1-16,53H3. The molecule has 0 aliphatic carbocycles. The van der Waals surface area contributed by atoms with Gasteiger partial charge in [0.15, 0.2) is 0 Å². The van der Waals surface area contributed by atoms with Crippen LogP contribution in [0.3, 0.4) is 0 Å². The van der Waals surface area contributed by atoms with Gasteiger partial charge in [-0.3, -0.25) is 0 Å². The Bertz CT molecular complexity index is 1640. The number of hydrogen-bond donors (Lipinski definition) is 0. The largest absolute Gasteiger partial charge is 0.478 e. The van der Waals surface area contributed by atoms with Crippen molar-refractivity contribution in [2.75, 3.05) is 0 Å². The second-order valence-corrected chi connectivity index (χ2v) is 106. The highest BCUT2D eigenvalue weighted by Crippen LogP contribution is 2.53. The van der Waals surface area contributed by atoms with Crippen molar-refractivity contribution in [3.63, 3.8) is 0 Å². The van der Waals surface area contributed by atoms with Gasteiger partial charge in [0.2, 0.25) is 0 Å². The lowest BCUT2D eigenvalue weighted by molar-refractivity contribution is 0.00408. The zero-order valence-corrected chi connectivity index (χ0v) is 68.5. The summed E-state index contributed by atoms with van der Waals surface area (Å²) in [6.45, 7) is 33.9. The molecule has 408 valence electrons. The Kier molecular flexibility index (Phi) is 23.5. The first-order chi connectivity index (χ1) is 30.7. The molecular weight excluding hydrogens is 1340 g/mol. The van der Waals surface area contributed by atoms with Crippen LogP contribution in [-0.4, -0.2) is 140 Å². The van der Waals surface area contributed by atoms with Crippen molar-refractivity contribution in [1.82, 2.24) is 0 Å². The summed E-state index contributed by atoms with van der Waals surface area (Å²) in [5.74, 6) is 0. The lowest BCUT2D eigenvalue weighted by Gasteiger charge is -2.60. The van der Waals surface area contributed by atoms with Crippen LogP contribution in [0.5, 0.6) is 0 Å². The quantitative estimate of drug-likeness (QED) is 0.0641. The van der Waals surface area contributed by atoms with Gasteiger partial charge in [0.1, 0.15) is 69.6 Å².